The number of nitriles is 1. The minimum Gasteiger partial charge on any atom is -0.370 e. The molecular weight excluding hydrogens is 296 g/mol. The molecule has 2 aromatic carbocycles. The standard InChI is InChI=1S/C18H17ClN2O/c1-13-5-2-3-7-15(13)17-12-21(9-10-22-17)18-14(11-20)6-4-8-16(18)19/h2-8,17H,9-10,12H2,1H3. The lowest BCUT2D eigenvalue weighted by molar-refractivity contribution is 0.0394. The van der Waals surface area contributed by atoms with E-state index in [-0.39, 0.29) is 6.10 Å². The van der Waals surface area contributed by atoms with Crippen molar-refractivity contribution in [3.8, 4) is 6.07 Å². The molecule has 0 N–H and O–H groups in total. The van der Waals surface area contributed by atoms with Gasteiger partial charge in [0.1, 0.15) is 12.2 Å². The van der Waals surface area contributed by atoms with E-state index >= 15 is 0 Å². The zero-order chi connectivity index (χ0) is 15.5. The third-order valence-electron chi connectivity index (χ3n) is 4.03. The molecular formula is C18H17ClN2O. The van der Waals surface area contributed by atoms with E-state index in [1.165, 1.54) is 11.1 Å². The Kier molecular flexibility index (Phi) is 4.33. The van der Waals surface area contributed by atoms with Gasteiger partial charge in [-0.15, -0.1) is 0 Å². The van der Waals surface area contributed by atoms with Gasteiger partial charge >= 0.3 is 0 Å². The number of nitrogens with zero attached hydrogens (tertiary/aromatic N) is 2. The molecule has 1 atom stereocenters. The molecule has 1 aliphatic heterocycles. The van der Waals surface area contributed by atoms with Crippen molar-refractivity contribution in [2.24, 2.45) is 0 Å². The molecule has 2 aromatic rings. The van der Waals surface area contributed by atoms with E-state index in [0.29, 0.717) is 23.7 Å². The molecule has 1 heterocycles. The molecule has 0 bridgehead atoms. The van der Waals surface area contributed by atoms with Crippen molar-refractivity contribution in [3.05, 3.63) is 64.2 Å². The van der Waals surface area contributed by atoms with Crippen molar-refractivity contribution in [3.63, 3.8) is 0 Å². The number of para-hydroxylation sites is 1. The molecule has 1 aliphatic rings. The Balaban J connectivity index is 1.92. The topological polar surface area (TPSA) is 36.3 Å². The molecule has 0 aromatic heterocycles. The first kappa shape index (κ1) is 14.9. The van der Waals surface area contributed by atoms with Gasteiger partial charge in [0.25, 0.3) is 0 Å². The maximum absolute atomic E-state index is 9.33. The van der Waals surface area contributed by atoms with Gasteiger partial charge in [-0.3, -0.25) is 0 Å². The summed E-state index contributed by atoms with van der Waals surface area (Å²) in [5.74, 6) is 0. The van der Waals surface area contributed by atoms with Gasteiger partial charge in [0.2, 0.25) is 0 Å². The number of halogens is 1. The summed E-state index contributed by atoms with van der Waals surface area (Å²) in [6.07, 6.45) is -0.00207. The fraction of sp³-hybridized carbons (Fsp3) is 0.278. The smallest absolute Gasteiger partial charge is 0.101 e. The van der Waals surface area contributed by atoms with Crippen molar-refractivity contribution in [1.82, 2.24) is 0 Å². The monoisotopic (exact) mass is 312 g/mol. The lowest BCUT2D eigenvalue weighted by atomic mass is 10.0. The second-order valence-electron chi connectivity index (χ2n) is 5.41. The van der Waals surface area contributed by atoms with Gasteiger partial charge in [-0.2, -0.15) is 5.26 Å². The van der Waals surface area contributed by atoms with E-state index in [4.69, 9.17) is 16.3 Å². The molecule has 3 rings (SSSR count). The number of anilines is 1. The van der Waals surface area contributed by atoms with Crippen LogP contribution in [-0.2, 0) is 4.74 Å². The summed E-state index contributed by atoms with van der Waals surface area (Å²) in [6, 6.07) is 15.9. The van der Waals surface area contributed by atoms with Gasteiger partial charge in [-0.1, -0.05) is 41.9 Å². The normalized spacial score (nSPS) is 18.0. The van der Waals surface area contributed by atoms with Crippen molar-refractivity contribution >= 4 is 17.3 Å². The summed E-state index contributed by atoms with van der Waals surface area (Å²) < 4.78 is 5.94. The Morgan fingerprint density at radius 2 is 2.05 bits per heavy atom. The quantitative estimate of drug-likeness (QED) is 0.837. The summed E-state index contributed by atoms with van der Waals surface area (Å²) in [4.78, 5) is 2.15. The highest BCUT2D eigenvalue weighted by Crippen LogP contribution is 2.34. The Hall–Kier alpha value is -2.02. The number of aryl methyl sites for hydroxylation is 1. The molecule has 112 valence electrons. The Morgan fingerprint density at radius 1 is 1.23 bits per heavy atom. The van der Waals surface area contributed by atoms with Crippen LogP contribution in [0.2, 0.25) is 5.02 Å². The van der Waals surface area contributed by atoms with E-state index in [0.717, 1.165) is 12.2 Å². The molecule has 0 radical (unpaired) electrons. The molecule has 0 amide bonds. The summed E-state index contributed by atoms with van der Waals surface area (Å²) >= 11 is 6.33. The molecule has 0 saturated carbocycles. The molecule has 1 fully saturated rings. The number of hydrogen-bond donors (Lipinski definition) is 0. The molecule has 4 heteroatoms. The van der Waals surface area contributed by atoms with Crippen molar-refractivity contribution in [2.45, 2.75) is 13.0 Å². The highest BCUT2D eigenvalue weighted by molar-refractivity contribution is 6.33. The van der Waals surface area contributed by atoms with E-state index in [2.05, 4.69) is 30.0 Å². The molecule has 22 heavy (non-hydrogen) atoms. The summed E-state index contributed by atoms with van der Waals surface area (Å²) in [7, 11) is 0. The third-order valence-corrected chi connectivity index (χ3v) is 4.33. The third kappa shape index (κ3) is 2.81. The van der Waals surface area contributed by atoms with E-state index in [9.17, 15) is 5.26 Å². The van der Waals surface area contributed by atoms with Crippen LogP contribution in [0.25, 0.3) is 0 Å². The average molecular weight is 313 g/mol. The van der Waals surface area contributed by atoms with Gasteiger partial charge in [0, 0.05) is 13.1 Å². The maximum atomic E-state index is 9.33. The Morgan fingerprint density at radius 3 is 2.82 bits per heavy atom. The number of hydrogen-bond acceptors (Lipinski definition) is 3. The molecule has 3 nitrogen and oxygen atoms in total. The van der Waals surface area contributed by atoms with Crippen LogP contribution in [0.3, 0.4) is 0 Å². The van der Waals surface area contributed by atoms with Gasteiger partial charge < -0.3 is 9.64 Å². The summed E-state index contributed by atoms with van der Waals surface area (Å²) in [5.41, 5.74) is 3.83. The van der Waals surface area contributed by atoms with Crippen LogP contribution in [0.1, 0.15) is 22.8 Å². The first-order chi connectivity index (χ1) is 10.7. The van der Waals surface area contributed by atoms with Crippen LogP contribution in [0.4, 0.5) is 5.69 Å². The van der Waals surface area contributed by atoms with Gasteiger partial charge in [0.05, 0.1) is 22.9 Å². The number of benzene rings is 2. The van der Waals surface area contributed by atoms with Crippen molar-refractivity contribution in [1.29, 1.82) is 5.26 Å². The van der Waals surface area contributed by atoms with E-state index < -0.39 is 0 Å². The van der Waals surface area contributed by atoms with Gasteiger partial charge in [-0.25, -0.2) is 0 Å². The number of ether oxygens (including phenoxy) is 1. The first-order valence-corrected chi connectivity index (χ1v) is 7.69. The number of rotatable bonds is 2. The minimum atomic E-state index is -0.00207. The Labute approximate surface area is 135 Å². The van der Waals surface area contributed by atoms with Gasteiger partial charge in [-0.05, 0) is 30.2 Å². The molecule has 1 unspecified atom stereocenters. The maximum Gasteiger partial charge on any atom is 0.101 e. The lowest BCUT2D eigenvalue weighted by Gasteiger charge is -2.36. The van der Waals surface area contributed by atoms with Crippen LogP contribution in [0.5, 0.6) is 0 Å². The fourth-order valence-electron chi connectivity index (χ4n) is 2.92. The highest BCUT2D eigenvalue weighted by atomic mass is 35.5. The highest BCUT2D eigenvalue weighted by Gasteiger charge is 2.25. The van der Waals surface area contributed by atoms with E-state index in [1.807, 2.05) is 24.3 Å². The molecule has 0 aliphatic carbocycles. The van der Waals surface area contributed by atoms with Crippen molar-refractivity contribution < 1.29 is 4.74 Å². The van der Waals surface area contributed by atoms with Crippen LogP contribution in [0.15, 0.2) is 42.5 Å². The predicted octanol–water partition coefficient (Wildman–Crippen LogP) is 4.10. The molecule has 0 spiro atoms. The van der Waals surface area contributed by atoms with Crippen LogP contribution >= 0.6 is 11.6 Å². The largest absolute Gasteiger partial charge is 0.370 e. The minimum absolute atomic E-state index is 0.00207. The second kappa shape index (κ2) is 6.39. The van der Waals surface area contributed by atoms with Gasteiger partial charge in [0.15, 0.2) is 0 Å². The zero-order valence-electron chi connectivity index (χ0n) is 12.4. The fourth-order valence-corrected chi connectivity index (χ4v) is 3.21. The van der Waals surface area contributed by atoms with Crippen LogP contribution in [0, 0.1) is 18.3 Å². The predicted molar refractivity (Wildman–Crippen MR) is 88.3 cm³/mol. The molecule has 1 saturated heterocycles. The van der Waals surface area contributed by atoms with Crippen molar-refractivity contribution in [2.75, 3.05) is 24.6 Å². The second-order valence-corrected chi connectivity index (χ2v) is 5.82. The zero-order valence-corrected chi connectivity index (χ0v) is 13.2. The average Bonchev–Trinajstić information content (AvgIpc) is 2.55. The van der Waals surface area contributed by atoms with E-state index in [1.54, 1.807) is 6.07 Å². The van der Waals surface area contributed by atoms with Crippen LogP contribution < -0.4 is 4.90 Å². The first-order valence-electron chi connectivity index (χ1n) is 7.31. The number of morpholine rings is 1. The summed E-state index contributed by atoms with van der Waals surface area (Å²) in [6.45, 7) is 4.15. The lowest BCUT2D eigenvalue weighted by Crippen LogP contribution is -2.39. The summed E-state index contributed by atoms with van der Waals surface area (Å²) in [5, 5.41) is 9.95. The van der Waals surface area contributed by atoms with Crippen LogP contribution in [-0.4, -0.2) is 19.7 Å². The Bertz CT molecular complexity index is 723. The SMILES string of the molecule is Cc1ccccc1C1CN(c2c(Cl)cccc2C#N)CCO1.